The SMILES string of the molecule is CC1CC2(CCC2)CN1S(=O)(=O)Cc1ccccc1. The third-order valence-electron chi connectivity index (χ3n) is 4.67. The first-order chi connectivity index (χ1) is 9.01. The molecule has 1 saturated carbocycles. The Morgan fingerprint density at radius 2 is 1.95 bits per heavy atom. The largest absolute Gasteiger partial charge is 0.218 e. The third kappa shape index (κ3) is 2.43. The Morgan fingerprint density at radius 1 is 1.26 bits per heavy atom. The Labute approximate surface area is 115 Å². The monoisotopic (exact) mass is 279 g/mol. The second kappa shape index (κ2) is 4.60. The third-order valence-corrected chi connectivity index (χ3v) is 6.58. The number of hydrogen-bond acceptors (Lipinski definition) is 2. The summed E-state index contributed by atoms with van der Waals surface area (Å²) in [4.78, 5) is 0. The number of hydrogen-bond donors (Lipinski definition) is 0. The molecule has 1 atom stereocenters. The smallest absolute Gasteiger partial charge is 0.212 e. The van der Waals surface area contributed by atoms with Crippen LogP contribution in [-0.4, -0.2) is 25.3 Å². The second-order valence-corrected chi connectivity index (χ2v) is 8.12. The van der Waals surface area contributed by atoms with Crippen LogP contribution in [-0.2, 0) is 15.8 Å². The molecule has 1 aliphatic heterocycles. The zero-order valence-electron chi connectivity index (χ0n) is 11.4. The van der Waals surface area contributed by atoms with Gasteiger partial charge in [0.15, 0.2) is 0 Å². The van der Waals surface area contributed by atoms with E-state index in [0.29, 0.717) is 5.41 Å². The van der Waals surface area contributed by atoms with Crippen LogP contribution in [0, 0.1) is 5.41 Å². The highest BCUT2D eigenvalue weighted by Crippen LogP contribution is 2.51. The number of sulfonamides is 1. The van der Waals surface area contributed by atoms with Crippen LogP contribution in [0.5, 0.6) is 0 Å². The number of nitrogens with zero attached hydrogens (tertiary/aromatic N) is 1. The van der Waals surface area contributed by atoms with E-state index in [1.165, 1.54) is 19.3 Å². The maximum absolute atomic E-state index is 12.6. The highest BCUT2D eigenvalue weighted by Gasteiger charge is 2.49. The molecule has 1 saturated heterocycles. The minimum atomic E-state index is -3.18. The molecule has 1 aromatic rings. The van der Waals surface area contributed by atoms with Gasteiger partial charge in [0.05, 0.1) is 5.75 Å². The summed E-state index contributed by atoms with van der Waals surface area (Å²) in [5.41, 5.74) is 1.19. The summed E-state index contributed by atoms with van der Waals surface area (Å²) in [6, 6.07) is 9.64. The van der Waals surface area contributed by atoms with Gasteiger partial charge in [0.1, 0.15) is 0 Å². The molecule has 0 amide bonds. The lowest BCUT2D eigenvalue weighted by molar-refractivity contribution is 0.152. The topological polar surface area (TPSA) is 37.4 Å². The van der Waals surface area contributed by atoms with Crippen LogP contribution in [0.3, 0.4) is 0 Å². The molecule has 4 heteroatoms. The quantitative estimate of drug-likeness (QED) is 0.853. The zero-order valence-corrected chi connectivity index (χ0v) is 12.2. The molecule has 1 unspecified atom stereocenters. The molecule has 1 heterocycles. The van der Waals surface area contributed by atoms with E-state index >= 15 is 0 Å². The van der Waals surface area contributed by atoms with E-state index in [-0.39, 0.29) is 11.8 Å². The lowest BCUT2D eigenvalue weighted by Gasteiger charge is -2.38. The molecule has 1 aromatic carbocycles. The van der Waals surface area contributed by atoms with E-state index in [1.54, 1.807) is 4.31 Å². The lowest BCUT2D eigenvalue weighted by Crippen LogP contribution is -2.38. The fourth-order valence-electron chi connectivity index (χ4n) is 3.56. The van der Waals surface area contributed by atoms with E-state index in [0.717, 1.165) is 18.5 Å². The van der Waals surface area contributed by atoms with Crippen molar-refractivity contribution in [1.29, 1.82) is 0 Å². The molecule has 0 bridgehead atoms. The van der Waals surface area contributed by atoms with Crippen molar-refractivity contribution < 1.29 is 8.42 Å². The van der Waals surface area contributed by atoms with Gasteiger partial charge in [-0.05, 0) is 37.2 Å². The first kappa shape index (κ1) is 13.1. The van der Waals surface area contributed by atoms with Gasteiger partial charge in [-0.1, -0.05) is 36.8 Å². The van der Waals surface area contributed by atoms with E-state index < -0.39 is 10.0 Å². The Balaban J connectivity index is 1.77. The second-order valence-electron chi connectivity index (χ2n) is 6.19. The average molecular weight is 279 g/mol. The molecular weight excluding hydrogens is 258 g/mol. The fraction of sp³-hybridized carbons (Fsp3) is 0.600. The van der Waals surface area contributed by atoms with Crippen LogP contribution in [0.15, 0.2) is 30.3 Å². The number of rotatable bonds is 3. The van der Waals surface area contributed by atoms with Gasteiger partial charge in [0.2, 0.25) is 10.0 Å². The first-order valence-corrected chi connectivity index (χ1v) is 8.65. The van der Waals surface area contributed by atoms with Crippen LogP contribution in [0.2, 0.25) is 0 Å². The first-order valence-electron chi connectivity index (χ1n) is 7.04. The lowest BCUT2D eigenvalue weighted by atomic mass is 9.68. The molecule has 3 rings (SSSR count). The standard InChI is InChI=1S/C15H21NO2S/c1-13-10-15(8-5-9-15)12-16(13)19(17,18)11-14-6-3-2-4-7-14/h2-4,6-7,13H,5,8-12H2,1H3. The summed E-state index contributed by atoms with van der Waals surface area (Å²) in [5.74, 6) is 0.133. The van der Waals surface area contributed by atoms with E-state index in [1.807, 2.05) is 30.3 Å². The van der Waals surface area contributed by atoms with E-state index in [4.69, 9.17) is 0 Å². The van der Waals surface area contributed by atoms with Crippen LogP contribution in [0.1, 0.15) is 38.2 Å². The Morgan fingerprint density at radius 3 is 2.47 bits per heavy atom. The highest BCUT2D eigenvalue weighted by atomic mass is 32.2. The van der Waals surface area contributed by atoms with Gasteiger partial charge in [-0.25, -0.2) is 8.42 Å². The van der Waals surface area contributed by atoms with Gasteiger partial charge in [-0.3, -0.25) is 0 Å². The van der Waals surface area contributed by atoms with Crippen LogP contribution in [0.25, 0.3) is 0 Å². The Hall–Kier alpha value is -0.870. The molecule has 2 fully saturated rings. The van der Waals surface area contributed by atoms with Gasteiger partial charge in [-0.15, -0.1) is 0 Å². The van der Waals surface area contributed by atoms with Gasteiger partial charge in [0.25, 0.3) is 0 Å². The van der Waals surface area contributed by atoms with Gasteiger partial charge >= 0.3 is 0 Å². The molecule has 1 spiro atoms. The molecule has 104 valence electrons. The summed E-state index contributed by atoms with van der Waals surface area (Å²) in [6.07, 6.45) is 4.71. The summed E-state index contributed by atoms with van der Waals surface area (Å²) >= 11 is 0. The van der Waals surface area contributed by atoms with Crippen molar-refractivity contribution >= 4 is 10.0 Å². The fourth-order valence-corrected chi connectivity index (χ4v) is 5.43. The van der Waals surface area contributed by atoms with Crippen molar-refractivity contribution in [2.75, 3.05) is 6.54 Å². The van der Waals surface area contributed by atoms with Crippen molar-refractivity contribution in [1.82, 2.24) is 4.31 Å². The molecule has 19 heavy (non-hydrogen) atoms. The average Bonchev–Trinajstić information content (AvgIpc) is 2.69. The molecule has 1 aliphatic carbocycles. The molecular formula is C15H21NO2S. The van der Waals surface area contributed by atoms with E-state index in [9.17, 15) is 8.42 Å². The van der Waals surface area contributed by atoms with Gasteiger partial charge < -0.3 is 0 Å². The predicted molar refractivity (Wildman–Crippen MR) is 76.1 cm³/mol. The molecule has 3 nitrogen and oxygen atoms in total. The van der Waals surface area contributed by atoms with E-state index in [2.05, 4.69) is 6.92 Å². The molecule has 2 aliphatic rings. The normalized spacial score (nSPS) is 26.5. The van der Waals surface area contributed by atoms with Crippen molar-refractivity contribution in [2.45, 2.75) is 44.4 Å². The maximum Gasteiger partial charge on any atom is 0.218 e. The molecule has 0 radical (unpaired) electrons. The summed E-state index contributed by atoms with van der Waals surface area (Å²) in [6.45, 7) is 2.79. The summed E-state index contributed by atoms with van der Waals surface area (Å²) in [7, 11) is -3.18. The highest BCUT2D eigenvalue weighted by molar-refractivity contribution is 7.88. The van der Waals surface area contributed by atoms with Gasteiger partial charge in [-0.2, -0.15) is 4.31 Å². The minimum Gasteiger partial charge on any atom is -0.212 e. The van der Waals surface area contributed by atoms with Crippen molar-refractivity contribution in [2.24, 2.45) is 5.41 Å². The molecule has 0 N–H and O–H groups in total. The van der Waals surface area contributed by atoms with Gasteiger partial charge in [0, 0.05) is 12.6 Å². The molecule has 0 aromatic heterocycles. The van der Waals surface area contributed by atoms with Crippen LogP contribution < -0.4 is 0 Å². The zero-order chi connectivity index (χ0) is 13.5. The summed E-state index contributed by atoms with van der Waals surface area (Å²) in [5, 5.41) is 0. The van der Waals surface area contributed by atoms with Crippen LogP contribution in [0.4, 0.5) is 0 Å². The maximum atomic E-state index is 12.6. The van der Waals surface area contributed by atoms with Crippen molar-refractivity contribution in [3.63, 3.8) is 0 Å². The Kier molecular flexibility index (Phi) is 3.18. The minimum absolute atomic E-state index is 0.133. The Bertz CT molecular complexity index is 549. The van der Waals surface area contributed by atoms with Crippen molar-refractivity contribution in [3.8, 4) is 0 Å². The predicted octanol–water partition coefficient (Wildman–Crippen LogP) is 2.78. The van der Waals surface area contributed by atoms with Crippen LogP contribution >= 0.6 is 0 Å². The summed E-state index contributed by atoms with van der Waals surface area (Å²) < 4.78 is 26.9. The van der Waals surface area contributed by atoms with Crippen molar-refractivity contribution in [3.05, 3.63) is 35.9 Å². The number of benzene rings is 1.